The molecule has 26 heavy (non-hydrogen) atoms. The number of benzene rings is 2. The summed E-state index contributed by atoms with van der Waals surface area (Å²) < 4.78 is 14.3. The average molecular weight is 394 g/mol. The maximum atomic E-state index is 14.3. The van der Waals surface area contributed by atoms with Crippen molar-refractivity contribution >= 4 is 41.5 Å². The molecule has 0 fully saturated rings. The van der Waals surface area contributed by atoms with Gasteiger partial charge in [0.15, 0.2) is 0 Å². The Labute approximate surface area is 163 Å². The predicted octanol–water partition coefficient (Wildman–Crippen LogP) is 4.70. The Morgan fingerprint density at radius 1 is 1.31 bits per heavy atom. The summed E-state index contributed by atoms with van der Waals surface area (Å²) in [5.41, 5.74) is 8.22. The zero-order chi connectivity index (χ0) is 19.3. The highest BCUT2D eigenvalue weighted by Crippen LogP contribution is 2.38. The fourth-order valence-electron chi connectivity index (χ4n) is 2.81. The monoisotopic (exact) mass is 393 g/mol. The van der Waals surface area contributed by atoms with E-state index in [0.29, 0.717) is 28.4 Å². The summed E-state index contributed by atoms with van der Waals surface area (Å²) in [6.07, 6.45) is 2.37. The molecule has 1 aliphatic rings. The van der Waals surface area contributed by atoms with Gasteiger partial charge in [0.1, 0.15) is 5.82 Å². The van der Waals surface area contributed by atoms with Gasteiger partial charge in [-0.1, -0.05) is 36.7 Å². The number of halogens is 2. The van der Waals surface area contributed by atoms with Crippen molar-refractivity contribution in [2.45, 2.75) is 25.8 Å². The number of hydrazone groups is 1. The van der Waals surface area contributed by atoms with Crippen molar-refractivity contribution in [2.24, 2.45) is 5.10 Å². The molecule has 1 amide bonds. The van der Waals surface area contributed by atoms with Crippen LogP contribution in [0.15, 0.2) is 47.6 Å². The lowest BCUT2D eigenvalue weighted by Crippen LogP contribution is -2.27. The number of amides is 1. The van der Waals surface area contributed by atoms with Crippen LogP contribution in [0.3, 0.4) is 0 Å². The first kappa shape index (κ1) is 20.3. The molecule has 0 saturated heterocycles. The van der Waals surface area contributed by atoms with Crippen molar-refractivity contribution < 1.29 is 9.18 Å². The molecule has 3 rings (SSSR count). The number of hydrogen-bond donors (Lipinski definition) is 2. The summed E-state index contributed by atoms with van der Waals surface area (Å²) in [5, 5.41) is 6.07. The molecule has 0 bridgehead atoms. The number of carbonyl (C=O) groups is 1. The second-order valence-corrected chi connectivity index (χ2v) is 6.02. The van der Waals surface area contributed by atoms with Gasteiger partial charge in [-0.3, -0.25) is 4.79 Å². The Kier molecular flexibility index (Phi) is 7.06. The first-order chi connectivity index (χ1) is 12.5. The molecule has 1 unspecified atom stereocenters. The smallest absolute Gasteiger partial charge is 0.242 e. The van der Waals surface area contributed by atoms with E-state index in [-0.39, 0.29) is 12.3 Å². The van der Waals surface area contributed by atoms with Gasteiger partial charge in [0.05, 0.1) is 11.8 Å². The maximum absolute atomic E-state index is 14.3. The van der Waals surface area contributed by atoms with E-state index in [1.54, 1.807) is 37.4 Å². The van der Waals surface area contributed by atoms with Gasteiger partial charge in [0.2, 0.25) is 5.91 Å². The zero-order valence-corrected chi connectivity index (χ0v) is 16.3. The molecule has 0 aliphatic carbocycles. The molecule has 1 atom stereocenters. The van der Waals surface area contributed by atoms with Crippen LogP contribution in [-0.2, 0) is 4.79 Å². The first-order valence-corrected chi connectivity index (χ1v) is 9.42. The van der Waals surface area contributed by atoms with Gasteiger partial charge >= 0.3 is 0 Å². The Hall–Kier alpha value is -2.05. The minimum absolute atomic E-state index is 0.176. The minimum Gasteiger partial charge on any atom is -0.399 e. The van der Waals surface area contributed by atoms with Crippen molar-refractivity contribution in [1.82, 2.24) is 5.01 Å². The minimum atomic E-state index is -0.543. The number of nitrogens with zero attached hydrogens (tertiary/aromatic N) is 2. The molecule has 7 heteroatoms. The van der Waals surface area contributed by atoms with Crippen LogP contribution in [0.4, 0.5) is 10.1 Å². The Balaban J connectivity index is 0.00000117. The van der Waals surface area contributed by atoms with E-state index in [1.165, 1.54) is 11.1 Å². The molecule has 0 spiro atoms. The number of hydrogen-bond acceptors (Lipinski definition) is 4. The molecule has 4 nitrogen and oxygen atoms in total. The Morgan fingerprint density at radius 2 is 1.96 bits per heavy atom. The highest BCUT2D eigenvalue weighted by atomic mass is 35.5. The third kappa shape index (κ3) is 4.19. The second kappa shape index (κ2) is 9.05. The summed E-state index contributed by atoms with van der Waals surface area (Å²) in [7, 11) is 0. The Bertz CT molecular complexity index is 791. The van der Waals surface area contributed by atoms with Crippen LogP contribution in [0.5, 0.6) is 0 Å². The van der Waals surface area contributed by atoms with E-state index in [4.69, 9.17) is 17.3 Å². The molecule has 2 aromatic rings. The maximum Gasteiger partial charge on any atom is 0.242 e. The first-order valence-electron chi connectivity index (χ1n) is 8.15. The molecule has 138 valence electrons. The zero-order valence-electron chi connectivity index (χ0n) is 14.6. The molecule has 0 saturated carbocycles. The van der Waals surface area contributed by atoms with E-state index in [1.807, 2.05) is 12.1 Å². The fraction of sp³-hybridized carbons (Fsp3) is 0.263. The lowest BCUT2D eigenvalue weighted by Gasteiger charge is -2.22. The standard InChI is InChI=1S/C18H17ClFN3O.CH4S/c1-2-17(24)23-16(18-13(19)4-3-5-14(18)20)10-15(22-23)11-6-8-12(21)9-7-11;1-2/h3-9,16H,2,10,21H2,1H3;2H,1H3. The molecule has 2 aromatic carbocycles. The lowest BCUT2D eigenvalue weighted by molar-refractivity contribution is -0.132. The quantitative estimate of drug-likeness (QED) is 0.586. The van der Waals surface area contributed by atoms with Crippen molar-refractivity contribution in [3.63, 3.8) is 0 Å². The SMILES string of the molecule is CCC(=O)N1N=C(c2ccc(N)cc2)CC1c1c(F)cccc1Cl.CS. The summed E-state index contributed by atoms with van der Waals surface area (Å²) in [6, 6.07) is 11.2. The molecular formula is C19H21ClFN3OS. The van der Waals surface area contributed by atoms with E-state index in [0.717, 1.165) is 5.56 Å². The van der Waals surface area contributed by atoms with Gasteiger partial charge < -0.3 is 5.73 Å². The van der Waals surface area contributed by atoms with Crippen molar-refractivity contribution in [1.29, 1.82) is 0 Å². The van der Waals surface area contributed by atoms with Crippen molar-refractivity contribution in [3.05, 3.63) is 64.4 Å². The summed E-state index contributed by atoms with van der Waals surface area (Å²) in [6.45, 7) is 1.75. The van der Waals surface area contributed by atoms with E-state index in [2.05, 4.69) is 17.7 Å². The van der Waals surface area contributed by atoms with Crippen LogP contribution >= 0.6 is 24.2 Å². The third-order valence-electron chi connectivity index (χ3n) is 4.05. The highest BCUT2D eigenvalue weighted by Gasteiger charge is 2.35. The molecule has 1 heterocycles. The number of anilines is 1. The van der Waals surface area contributed by atoms with Gasteiger partial charge in [0, 0.05) is 29.1 Å². The van der Waals surface area contributed by atoms with Gasteiger partial charge in [0.25, 0.3) is 0 Å². The number of carbonyl (C=O) groups excluding carboxylic acids is 1. The second-order valence-electron chi connectivity index (χ2n) is 5.62. The van der Waals surface area contributed by atoms with Crippen LogP contribution in [-0.4, -0.2) is 22.9 Å². The number of nitrogens with two attached hydrogens (primary N) is 1. The van der Waals surface area contributed by atoms with Crippen LogP contribution in [0.1, 0.15) is 36.9 Å². The van der Waals surface area contributed by atoms with Crippen LogP contribution in [0.2, 0.25) is 5.02 Å². The summed E-state index contributed by atoms with van der Waals surface area (Å²) in [4.78, 5) is 12.3. The van der Waals surface area contributed by atoms with Crippen molar-refractivity contribution in [3.8, 4) is 0 Å². The van der Waals surface area contributed by atoms with Crippen LogP contribution < -0.4 is 5.73 Å². The van der Waals surface area contributed by atoms with Crippen LogP contribution in [0, 0.1) is 5.82 Å². The summed E-state index contributed by atoms with van der Waals surface area (Å²) in [5.74, 6) is -0.611. The molecule has 2 N–H and O–H groups in total. The van der Waals surface area contributed by atoms with E-state index in [9.17, 15) is 9.18 Å². The topological polar surface area (TPSA) is 58.7 Å². The predicted molar refractivity (Wildman–Crippen MR) is 108 cm³/mol. The molecule has 0 aromatic heterocycles. The number of rotatable bonds is 3. The van der Waals surface area contributed by atoms with Gasteiger partial charge in [-0.2, -0.15) is 17.7 Å². The normalized spacial score (nSPS) is 16.0. The largest absolute Gasteiger partial charge is 0.399 e. The van der Waals surface area contributed by atoms with Gasteiger partial charge in [-0.15, -0.1) is 0 Å². The van der Waals surface area contributed by atoms with E-state index >= 15 is 0 Å². The number of thiol groups is 1. The lowest BCUT2D eigenvalue weighted by atomic mass is 9.97. The number of nitrogen functional groups attached to an aromatic ring is 1. The molecule has 1 aliphatic heterocycles. The third-order valence-corrected chi connectivity index (χ3v) is 4.37. The van der Waals surface area contributed by atoms with Crippen molar-refractivity contribution in [2.75, 3.05) is 12.0 Å². The Morgan fingerprint density at radius 3 is 2.54 bits per heavy atom. The highest BCUT2D eigenvalue weighted by molar-refractivity contribution is 7.79. The average Bonchev–Trinajstić information content (AvgIpc) is 3.08. The van der Waals surface area contributed by atoms with Gasteiger partial charge in [-0.25, -0.2) is 9.40 Å². The van der Waals surface area contributed by atoms with E-state index < -0.39 is 11.9 Å². The van der Waals surface area contributed by atoms with Gasteiger partial charge in [-0.05, 0) is 36.1 Å². The summed E-state index contributed by atoms with van der Waals surface area (Å²) >= 11 is 9.72. The molecular weight excluding hydrogens is 373 g/mol. The van der Waals surface area contributed by atoms with Crippen LogP contribution in [0.25, 0.3) is 0 Å². The molecule has 0 radical (unpaired) electrons. The fourth-order valence-corrected chi connectivity index (χ4v) is 3.10.